The fraction of sp³-hybridized carbons (Fsp3) is 0.455. The van der Waals surface area contributed by atoms with Crippen molar-refractivity contribution in [3.63, 3.8) is 0 Å². The molecule has 11 heteroatoms. The number of carbonyl (C=O) groups is 1. The van der Waals surface area contributed by atoms with E-state index in [-0.39, 0.29) is 6.61 Å². The normalized spacial score (nSPS) is 12.0. The van der Waals surface area contributed by atoms with Crippen LogP contribution in [0, 0.1) is 0 Å². The van der Waals surface area contributed by atoms with Crippen molar-refractivity contribution in [3.8, 4) is 11.5 Å². The Morgan fingerprint density at radius 3 is 2.23 bits per heavy atom. The highest BCUT2D eigenvalue weighted by Crippen LogP contribution is 2.41. The van der Waals surface area contributed by atoms with E-state index in [2.05, 4.69) is 19.2 Å². The molecular formula is C11H9F6NO4. The lowest BCUT2D eigenvalue weighted by molar-refractivity contribution is -0.275. The molecule has 0 radical (unpaired) electrons. The van der Waals surface area contributed by atoms with Crippen LogP contribution < -0.4 is 9.47 Å². The molecule has 0 fully saturated rings. The van der Waals surface area contributed by atoms with Gasteiger partial charge in [0.2, 0.25) is 0 Å². The number of nitrogens with zero attached hydrogens (tertiary/aromatic N) is 1. The molecule has 0 saturated carbocycles. The number of esters is 1. The third kappa shape index (κ3) is 4.15. The van der Waals surface area contributed by atoms with Crippen LogP contribution in [0.1, 0.15) is 23.0 Å². The van der Waals surface area contributed by atoms with Gasteiger partial charge in [0.1, 0.15) is 5.56 Å². The maximum absolute atomic E-state index is 12.8. The molecule has 0 atom stereocenters. The first-order chi connectivity index (χ1) is 10.0. The number of rotatable bonds is 4. The van der Waals surface area contributed by atoms with E-state index in [9.17, 15) is 31.1 Å². The zero-order chi connectivity index (χ0) is 17.1. The molecule has 0 aliphatic heterocycles. The van der Waals surface area contributed by atoms with Gasteiger partial charge in [-0.05, 0) is 6.92 Å². The van der Waals surface area contributed by atoms with Gasteiger partial charge in [0.25, 0.3) is 0 Å². The van der Waals surface area contributed by atoms with Gasteiger partial charge in [-0.25, -0.2) is 9.78 Å². The Bertz CT molecular complexity index is 555. The van der Waals surface area contributed by atoms with Crippen molar-refractivity contribution in [3.05, 3.63) is 17.5 Å². The molecule has 0 unspecified atom stereocenters. The van der Waals surface area contributed by atoms with E-state index in [1.54, 1.807) is 0 Å². The maximum atomic E-state index is 12.8. The van der Waals surface area contributed by atoms with Gasteiger partial charge >= 0.3 is 18.5 Å². The molecule has 0 spiro atoms. The molecule has 0 N–H and O–H groups in total. The molecule has 124 valence electrons. The molecule has 0 amide bonds. The zero-order valence-electron chi connectivity index (χ0n) is 11.1. The van der Waals surface area contributed by atoms with Crippen LogP contribution in [0.5, 0.6) is 11.5 Å². The fourth-order valence-electron chi connectivity index (χ4n) is 1.45. The smallest absolute Gasteiger partial charge is 0.491 e. The number of hydrogen-bond acceptors (Lipinski definition) is 5. The van der Waals surface area contributed by atoms with Gasteiger partial charge in [0, 0.05) is 0 Å². The standard InChI is InChI=1S/C11H9F6NO4/c1-3-21-9(19)6-7(22-11(15,16)17)5(20-2)4-18-8(6)10(12,13)14/h4H,3H2,1-2H3. The van der Waals surface area contributed by atoms with Crippen LogP contribution >= 0.6 is 0 Å². The summed E-state index contributed by atoms with van der Waals surface area (Å²) in [5.41, 5.74) is -3.38. The van der Waals surface area contributed by atoms with E-state index in [1.807, 2.05) is 0 Å². The summed E-state index contributed by atoms with van der Waals surface area (Å²) in [7, 11) is 0.877. The van der Waals surface area contributed by atoms with E-state index >= 15 is 0 Å². The van der Waals surface area contributed by atoms with Gasteiger partial charge in [-0.15, -0.1) is 13.2 Å². The Kier molecular flexibility index (Phi) is 5.09. The summed E-state index contributed by atoms with van der Waals surface area (Å²) >= 11 is 0. The molecule has 0 aromatic carbocycles. The Hall–Kier alpha value is -2.20. The predicted molar refractivity (Wildman–Crippen MR) is 58.4 cm³/mol. The number of alkyl halides is 6. The summed E-state index contributed by atoms with van der Waals surface area (Å²) in [4.78, 5) is 14.5. The molecule has 0 saturated heterocycles. The van der Waals surface area contributed by atoms with Gasteiger partial charge in [0.05, 0.1) is 19.9 Å². The van der Waals surface area contributed by atoms with Crippen molar-refractivity contribution in [2.24, 2.45) is 0 Å². The van der Waals surface area contributed by atoms with Crippen LogP contribution in [-0.4, -0.2) is 31.0 Å². The number of carbonyl (C=O) groups excluding carboxylic acids is 1. The van der Waals surface area contributed by atoms with Gasteiger partial charge in [0.15, 0.2) is 17.2 Å². The lowest BCUT2D eigenvalue weighted by atomic mass is 10.1. The second-order valence-corrected chi connectivity index (χ2v) is 3.65. The highest BCUT2D eigenvalue weighted by molar-refractivity contribution is 5.95. The van der Waals surface area contributed by atoms with E-state index in [1.165, 1.54) is 6.92 Å². The molecule has 22 heavy (non-hydrogen) atoms. The molecule has 1 aromatic heterocycles. The molecule has 0 aliphatic carbocycles. The minimum absolute atomic E-state index is 0.362. The lowest BCUT2D eigenvalue weighted by Gasteiger charge is -2.18. The van der Waals surface area contributed by atoms with Crippen molar-refractivity contribution >= 4 is 5.97 Å². The third-order valence-electron chi connectivity index (χ3n) is 2.18. The summed E-state index contributed by atoms with van der Waals surface area (Å²) in [6, 6.07) is 0. The Balaban J connectivity index is 3.63. The molecule has 0 aliphatic rings. The van der Waals surface area contributed by atoms with Gasteiger partial charge in [-0.1, -0.05) is 0 Å². The quantitative estimate of drug-likeness (QED) is 0.626. The van der Waals surface area contributed by atoms with E-state index in [4.69, 9.17) is 0 Å². The van der Waals surface area contributed by atoms with Gasteiger partial charge < -0.3 is 14.2 Å². The maximum Gasteiger partial charge on any atom is 0.573 e. The average molecular weight is 333 g/mol. The molecule has 1 heterocycles. The van der Waals surface area contributed by atoms with Crippen molar-refractivity contribution < 1.29 is 45.3 Å². The Morgan fingerprint density at radius 1 is 1.23 bits per heavy atom. The number of halogens is 6. The monoisotopic (exact) mass is 333 g/mol. The van der Waals surface area contributed by atoms with E-state index < -0.39 is 41.3 Å². The summed E-state index contributed by atoms with van der Waals surface area (Å²) in [6.07, 6.45) is -10.2. The predicted octanol–water partition coefficient (Wildman–Crippen LogP) is 3.18. The first kappa shape index (κ1) is 17.9. The lowest BCUT2D eigenvalue weighted by Crippen LogP contribution is -2.24. The minimum Gasteiger partial charge on any atom is -0.491 e. The number of hydrogen-bond donors (Lipinski definition) is 0. The first-order valence-electron chi connectivity index (χ1n) is 5.58. The Labute approximate surface area is 119 Å². The van der Waals surface area contributed by atoms with Crippen LogP contribution in [-0.2, 0) is 10.9 Å². The number of ether oxygens (including phenoxy) is 3. The van der Waals surface area contributed by atoms with Crippen molar-refractivity contribution in [2.75, 3.05) is 13.7 Å². The van der Waals surface area contributed by atoms with Gasteiger partial charge in [-0.3, -0.25) is 0 Å². The number of methoxy groups -OCH3 is 1. The fourth-order valence-corrected chi connectivity index (χ4v) is 1.45. The summed E-state index contributed by atoms with van der Waals surface area (Å²) in [5.74, 6) is -3.93. The number of aromatic nitrogens is 1. The largest absolute Gasteiger partial charge is 0.573 e. The third-order valence-corrected chi connectivity index (χ3v) is 2.18. The van der Waals surface area contributed by atoms with E-state index in [0.717, 1.165) is 7.11 Å². The van der Waals surface area contributed by atoms with Crippen LogP contribution in [0.15, 0.2) is 6.20 Å². The highest BCUT2D eigenvalue weighted by atomic mass is 19.4. The van der Waals surface area contributed by atoms with Crippen LogP contribution in [0.4, 0.5) is 26.3 Å². The topological polar surface area (TPSA) is 57.7 Å². The molecular weight excluding hydrogens is 324 g/mol. The second-order valence-electron chi connectivity index (χ2n) is 3.65. The summed E-state index contributed by atoms with van der Waals surface area (Å²) < 4.78 is 88.0. The van der Waals surface area contributed by atoms with Crippen LogP contribution in [0.25, 0.3) is 0 Å². The molecule has 0 bridgehead atoms. The highest BCUT2D eigenvalue weighted by Gasteiger charge is 2.43. The average Bonchev–Trinajstić information content (AvgIpc) is 2.35. The van der Waals surface area contributed by atoms with Crippen molar-refractivity contribution in [2.45, 2.75) is 19.5 Å². The minimum atomic E-state index is -5.35. The van der Waals surface area contributed by atoms with Crippen molar-refractivity contribution in [1.82, 2.24) is 4.98 Å². The van der Waals surface area contributed by atoms with E-state index in [0.29, 0.717) is 6.20 Å². The van der Waals surface area contributed by atoms with Gasteiger partial charge in [-0.2, -0.15) is 13.2 Å². The molecule has 1 rings (SSSR count). The zero-order valence-corrected chi connectivity index (χ0v) is 11.1. The Morgan fingerprint density at radius 2 is 1.82 bits per heavy atom. The molecule has 1 aromatic rings. The van der Waals surface area contributed by atoms with Crippen LogP contribution in [0.3, 0.4) is 0 Å². The SMILES string of the molecule is CCOC(=O)c1c(C(F)(F)F)ncc(OC)c1OC(F)(F)F. The second kappa shape index (κ2) is 6.28. The molecule has 5 nitrogen and oxygen atoms in total. The van der Waals surface area contributed by atoms with Crippen molar-refractivity contribution in [1.29, 1.82) is 0 Å². The first-order valence-corrected chi connectivity index (χ1v) is 5.58. The summed E-state index contributed by atoms with van der Waals surface area (Å²) in [5, 5.41) is 0. The summed E-state index contributed by atoms with van der Waals surface area (Å²) in [6.45, 7) is 0.905. The van der Waals surface area contributed by atoms with Crippen LogP contribution in [0.2, 0.25) is 0 Å². The number of pyridine rings is 1.